The maximum Gasteiger partial charge on any atom is 0.514 e. The zero-order valence-corrected chi connectivity index (χ0v) is 16.7. The second kappa shape index (κ2) is 4.97. The van der Waals surface area contributed by atoms with Gasteiger partial charge < -0.3 is 9.47 Å². The maximum absolute atomic E-state index is 12.4. The molecule has 3 nitrogen and oxygen atoms in total. The fraction of sp³-hybridized carbons (Fsp3) is 0.783. The van der Waals surface area contributed by atoms with Crippen LogP contribution < -0.4 is 0 Å². The van der Waals surface area contributed by atoms with E-state index in [9.17, 15) is 4.79 Å². The molecule has 0 bridgehead atoms. The molecule has 3 heteroatoms. The van der Waals surface area contributed by atoms with Crippen LogP contribution >= 0.6 is 0 Å². The first-order valence-electron chi connectivity index (χ1n) is 10.5. The van der Waals surface area contributed by atoms with Gasteiger partial charge in [0.05, 0.1) is 0 Å². The van der Waals surface area contributed by atoms with Crippen LogP contribution in [0.1, 0.15) is 72.6 Å². The van der Waals surface area contributed by atoms with Crippen LogP contribution in [0.15, 0.2) is 23.5 Å². The summed E-state index contributed by atoms with van der Waals surface area (Å²) >= 11 is 0. The normalized spacial score (nSPS) is 48.9. The molecule has 4 fully saturated rings. The second-order valence-electron chi connectivity index (χ2n) is 10.5. The predicted octanol–water partition coefficient (Wildman–Crippen LogP) is 6.00. The third-order valence-corrected chi connectivity index (χ3v) is 9.41. The zero-order valence-electron chi connectivity index (χ0n) is 16.7. The Morgan fingerprint density at radius 3 is 2.58 bits per heavy atom. The summed E-state index contributed by atoms with van der Waals surface area (Å²) in [7, 11) is 0. The number of rotatable bonds is 0. The molecular formula is C23H32O3. The topological polar surface area (TPSA) is 35.5 Å². The molecule has 5 aliphatic rings. The smallest absolute Gasteiger partial charge is 0.419 e. The summed E-state index contributed by atoms with van der Waals surface area (Å²) in [6, 6.07) is 0. The fourth-order valence-electron chi connectivity index (χ4n) is 7.74. The van der Waals surface area contributed by atoms with Crippen molar-refractivity contribution in [3.63, 3.8) is 0 Å². The van der Waals surface area contributed by atoms with Crippen LogP contribution in [0.25, 0.3) is 0 Å². The number of fused-ring (bicyclic) bond motifs is 7. The van der Waals surface area contributed by atoms with E-state index in [0.29, 0.717) is 17.8 Å². The number of hydrogen-bond donors (Lipinski definition) is 0. The number of ether oxygens (including phenoxy) is 2. The lowest BCUT2D eigenvalue weighted by molar-refractivity contribution is -0.156. The summed E-state index contributed by atoms with van der Waals surface area (Å²) in [5, 5.41) is 0. The molecule has 5 rings (SSSR count). The van der Waals surface area contributed by atoms with Gasteiger partial charge in [0.25, 0.3) is 0 Å². The zero-order chi connectivity index (χ0) is 18.5. The molecule has 0 aromatic rings. The molecule has 0 spiro atoms. The molecule has 142 valence electrons. The van der Waals surface area contributed by atoms with Gasteiger partial charge >= 0.3 is 6.16 Å². The molecule has 4 aliphatic carbocycles. The maximum atomic E-state index is 12.4. The third kappa shape index (κ3) is 1.74. The van der Waals surface area contributed by atoms with Crippen molar-refractivity contribution in [2.24, 2.45) is 34.5 Å². The fourth-order valence-corrected chi connectivity index (χ4v) is 7.74. The van der Waals surface area contributed by atoms with E-state index < -0.39 is 11.8 Å². The van der Waals surface area contributed by atoms with E-state index in [1.54, 1.807) is 0 Å². The molecule has 0 aromatic heterocycles. The highest BCUT2D eigenvalue weighted by atomic mass is 16.8. The average molecular weight is 357 g/mol. The molecule has 0 aromatic carbocycles. The summed E-state index contributed by atoms with van der Waals surface area (Å²) in [6.45, 7) is 13.7. The van der Waals surface area contributed by atoms with Crippen LogP contribution in [0.3, 0.4) is 0 Å². The molecule has 0 amide bonds. The standard InChI is InChI=1S/C23H32O3/c1-13-11-12-21(2,3)22(4)18(13)16-10-9-14-7-6-8-15(14)17(16)19-23(22,5)26-20(24)25-19/h14-16,18H,1,6-12H2,2-5H3. The summed E-state index contributed by atoms with van der Waals surface area (Å²) in [4.78, 5) is 12.4. The van der Waals surface area contributed by atoms with E-state index in [0.717, 1.165) is 24.5 Å². The summed E-state index contributed by atoms with van der Waals surface area (Å²) in [6.07, 6.45) is 8.09. The molecular weight excluding hydrogens is 324 g/mol. The van der Waals surface area contributed by atoms with E-state index in [4.69, 9.17) is 9.47 Å². The summed E-state index contributed by atoms with van der Waals surface area (Å²) in [5.41, 5.74) is 2.02. The highest BCUT2D eigenvalue weighted by Crippen LogP contribution is 2.72. The highest BCUT2D eigenvalue weighted by Gasteiger charge is 2.72. The number of carbonyl (C=O) groups is 1. The Bertz CT molecular complexity index is 732. The average Bonchev–Trinajstić information content (AvgIpc) is 3.16. The third-order valence-electron chi connectivity index (χ3n) is 9.41. The summed E-state index contributed by atoms with van der Waals surface area (Å²) < 4.78 is 11.9. The molecule has 6 atom stereocenters. The van der Waals surface area contributed by atoms with Gasteiger partial charge in [-0.2, -0.15) is 0 Å². The van der Waals surface area contributed by atoms with Gasteiger partial charge in [-0.05, 0) is 80.1 Å². The van der Waals surface area contributed by atoms with Gasteiger partial charge in [0.15, 0.2) is 11.4 Å². The number of hydrogen-bond acceptors (Lipinski definition) is 3. The second-order valence-corrected chi connectivity index (χ2v) is 10.5. The van der Waals surface area contributed by atoms with Crippen molar-refractivity contribution in [3.8, 4) is 0 Å². The van der Waals surface area contributed by atoms with E-state index in [1.807, 2.05) is 0 Å². The van der Waals surface area contributed by atoms with E-state index in [1.165, 1.54) is 43.3 Å². The van der Waals surface area contributed by atoms with Crippen molar-refractivity contribution >= 4 is 6.16 Å². The first-order valence-corrected chi connectivity index (χ1v) is 10.5. The van der Waals surface area contributed by atoms with Crippen LogP contribution in [0, 0.1) is 34.5 Å². The monoisotopic (exact) mass is 356 g/mol. The van der Waals surface area contributed by atoms with Crippen LogP contribution in [-0.4, -0.2) is 11.8 Å². The van der Waals surface area contributed by atoms with Crippen LogP contribution in [0.4, 0.5) is 4.79 Å². The molecule has 26 heavy (non-hydrogen) atoms. The van der Waals surface area contributed by atoms with Crippen molar-refractivity contribution in [2.45, 2.75) is 78.2 Å². The van der Waals surface area contributed by atoms with Crippen molar-refractivity contribution in [1.82, 2.24) is 0 Å². The van der Waals surface area contributed by atoms with Gasteiger partial charge in [0.2, 0.25) is 0 Å². The Morgan fingerprint density at radius 1 is 1.04 bits per heavy atom. The van der Waals surface area contributed by atoms with Crippen molar-refractivity contribution < 1.29 is 14.3 Å². The van der Waals surface area contributed by atoms with Gasteiger partial charge in [-0.25, -0.2) is 4.79 Å². The van der Waals surface area contributed by atoms with Gasteiger partial charge in [-0.3, -0.25) is 0 Å². The number of allylic oxidation sites excluding steroid dienone is 2. The molecule has 6 unspecified atom stereocenters. The van der Waals surface area contributed by atoms with Crippen molar-refractivity contribution in [3.05, 3.63) is 23.5 Å². The molecule has 1 heterocycles. The first kappa shape index (κ1) is 16.9. The molecule has 1 saturated heterocycles. The van der Waals surface area contributed by atoms with Crippen molar-refractivity contribution in [2.75, 3.05) is 0 Å². The summed E-state index contributed by atoms with van der Waals surface area (Å²) in [5.74, 6) is 3.10. The van der Waals surface area contributed by atoms with E-state index in [-0.39, 0.29) is 10.8 Å². The lowest BCUT2D eigenvalue weighted by atomic mass is 9.40. The van der Waals surface area contributed by atoms with Gasteiger partial charge in [-0.1, -0.05) is 39.3 Å². The van der Waals surface area contributed by atoms with E-state index in [2.05, 4.69) is 34.3 Å². The first-order chi connectivity index (χ1) is 12.2. The Hall–Kier alpha value is -1.25. The molecule has 1 aliphatic heterocycles. The van der Waals surface area contributed by atoms with E-state index >= 15 is 0 Å². The SMILES string of the molecule is C=C1CCC(C)(C)C2(C)C1C1CCC3CCCC3C1=C1OC(=O)OC12C. The minimum Gasteiger partial charge on any atom is -0.419 e. The Kier molecular flexibility index (Phi) is 3.23. The molecule has 3 saturated carbocycles. The van der Waals surface area contributed by atoms with Crippen LogP contribution in [-0.2, 0) is 9.47 Å². The Labute approximate surface area is 157 Å². The molecule has 0 radical (unpaired) electrons. The quantitative estimate of drug-likeness (QED) is 0.394. The Balaban J connectivity index is 1.79. The minimum atomic E-state index is -0.669. The largest absolute Gasteiger partial charge is 0.514 e. The van der Waals surface area contributed by atoms with Crippen molar-refractivity contribution in [1.29, 1.82) is 0 Å². The molecule has 0 N–H and O–H groups in total. The lowest BCUT2D eigenvalue weighted by Gasteiger charge is -2.64. The predicted molar refractivity (Wildman–Crippen MR) is 100 cm³/mol. The van der Waals surface area contributed by atoms with Crippen LogP contribution in [0.2, 0.25) is 0 Å². The van der Waals surface area contributed by atoms with Gasteiger partial charge in [0.1, 0.15) is 0 Å². The lowest BCUT2D eigenvalue weighted by Crippen LogP contribution is -2.64. The van der Waals surface area contributed by atoms with Crippen LogP contribution in [0.5, 0.6) is 0 Å². The highest BCUT2D eigenvalue weighted by molar-refractivity contribution is 5.68. The minimum absolute atomic E-state index is 0.0604. The number of carbonyl (C=O) groups excluding carboxylic acids is 1. The van der Waals surface area contributed by atoms with Gasteiger partial charge in [0, 0.05) is 5.41 Å². The van der Waals surface area contributed by atoms with Gasteiger partial charge in [-0.15, -0.1) is 0 Å². The Morgan fingerprint density at radius 2 is 1.81 bits per heavy atom.